The van der Waals surface area contributed by atoms with Crippen molar-refractivity contribution in [2.75, 3.05) is 14.2 Å². The number of amides is 1. The van der Waals surface area contributed by atoms with E-state index < -0.39 is 17.7 Å². The van der Waals surface area contributed by atoms with Crippen LogP contribution in [-0.4, -0.2) is 35.9 Å². The fourth-order valence-corrected chi connectivity index (χ4v) is 4.74. The van der Waals surface area contributed by atoms with Gasteiger partial charge in [0.05, 0.1) is 32.6 Å². The number of aliphatic hydroxyl groups is 1. The van der Waals surface area contributed by atoms with Crippen molar-refractivity contribution >= 4 is 28.8 Å². The Bertz CT molecular complexity index is 1160. The number of aliphatic hydroxyl groups excluding tert-OH is 1. The van der Waals surface area contributed by atoms with E-state index in [9.17, 15) is 14.7 Å². The Morgan fingerprint density at radius 2 is 1.94 bits per heavy atom. The molecular formula is C23H21NO6S. The van der Waals surface area contributed by atoms with Crippen LogP contribution in [0, 0.1) is 6.92 Å². The van der Waals surface area contributed by atoms with Gasteiger partial charge >= 0.3 is 0 Å². The number of ether oxygens (including phenoxy) is 2. The van der Waals surface area contributed by atoms with E-state index in [1.807, 2.05) is 18.4 Å². The van der Waals surface area contributed by atoms with Crippen LogP contribution in [-0.2, 0) is 16.1 Å². The fraction of sp³-hybridized carbons (Fsp3) is 0.217. The van der Waals surface area contributed by atoms with Gasteiger partial charge in [-0.25, -0.2) is 0 Å². The molecule has 0 saturated carbocycles. The van der Waals surface area contributed by atoms with Crippen LogP contribution >= 0.6 is 11.3 Å². The minimum absolute atomic E-state index is 0.0364. The smallest absolute Gasteiger partial charge is 0.296 e. The van der Waals surface area contributed by atoms with Crippen molar-refractivity contribution in [2.45, 2.75) is 19.5 Å². The maximum atomic E-state index is 13.1. The lowest BCUT2D eigenvalue weighted by molar-refractivity contribution is -0.140. The monoisotopic (exact) mass is 439 g/mol. The molecule has 1 aliphatic heterocycles. The van der Waals surface area contributed by atoms with Gasteiger partial charge in [-0.3, -0.25) is 9.59 Å². The predicted octanol–water partition coefficient (Wildman–Crippen LogP) is 4.29. The maximum Gasteiger partial charge on any atom is 0.296 e. The van der Waals surface area contributed by atoms with Crippen LogP contribution < -0.4 is 9.47 Å². The molecule has 0 radical (unpaired) electrons. The molecule has 0 spiro atoms. The standard InChI is InChI=1S/C23H21NO6S/c1-13-8-10-31-22(13)19-18(20(25)14-6-7-16(28-2)17(11-14)29-3)21(26)23(27)24(19)12-15-5-4-9-30-15/h4-11,19,25H,12H2,1-3H3/b20-18-. The highest BCUT2D eigenvalue weighted by atomic mass is 32.1. The summed E-state index contributed by atoms with van der Waals surface area (Å²) in [5.74, 6) is -0.248. The van der Waals surface area contributed by atoms with Crippen molar-refractivity contribution in [3.63, 3.8) is 0 Å². The quantitative estimate of drug-likeness (QED) is 0.350. The number of aryl methyl sites for hydroxylation is 1. The fourth-order valence-electron chi connectivity index (χ4n) is 3.69. The maximum absolute atomic E-state index is 13.1. The molecule has 0 bridgehead atoms. The summed E-state index contributed by atoms with van der Waals surface area (Å²) in [4.78, 5) is 28.3. The van der Waals surface area contributed by atoms with Gasteiger partial charge in [0.15, 0.2) is 11.5 Å². The molecule has 31 heavy (non-hydrogen) atoms. The van der Waals surface area contributed by atoms with E-state index in [-0.39, 0.29) is 17.9 Å². The third-order valence-corrected chi connectivity index (χ3v) is 6.32. The minimum Gasteiger partial charge on any atom is -0.507 e. The van der Waals surface area contributed by atoms with Crippen LogP contribution in [0.4, 0.5) is 0 Å². The molecule has 3 aromatic rings. The van der Waals surface area contributed by atoms with Crippen molar-refractivity contribution < 1.29 is 28.6 Å². The summed E-state index contributed by atoms with van der Waals surface area (Å²) in [7, 11) is 3.00. The van der Waals surface area contributed by atoms with E-state index in [1.165, 1.54) is 36.7 Å². The number of carbonyl (C=O) groups excluding carboxylic acids is 2. The van der Waals surface area contributed by atoms with E-state index in [1.54, 1.807) is 30.3 Å². The molecule has 4 rings (SSSR count). The first-order chi connectivity index (χ1) is 15.0. The predicted molar refractivity (Wildman–Crippen MR) is 115 cm³/mol. The van der Waals surface area contributed by atoms with Gasteiger partial charge in [0.1, 0.15) is 17.6 Å². The zero-order valence-electron chi connectivity index (χ0n) is 17.2. The zero-order chi connectivity index (χ0) is 22.1. The van der Waals surface area contributed by atoms with Gasteiger partial charge in [-0.15, -0.1) is 11.3 Å². The normalized spacial score (nSPS) is 17.9. The van der Waals surface area contributed by atoms with Gasteiger partial charge in [0, 0.05) is 10.4 Å². The first-order valence-electron chi connectivity index (χ1n) is 9.53. The third kappa shape index (κ3) is 3.59. The van der Waals surface area contributed by atoms with Crippen LogP contribution in [0.5, 0.6) is 11.5 Å². The number of Topliss-reactive ketones (excluding diaryl/α,β-unsaturated/α-hetero) is 1. The second kappa shape index (κ2) is 8.31. The van der Waals surface area contributed by atoms with Gasteiger partial charge in [-0.1, -0.05) is 0 Å². The van der Waals surface area contributed by atoms with Crippen molar-refractivity contribution in [1.82, 2.24) is 4.90 Å². The molecule has 1 aliphatic rings. The molecule has 1 N–H and O–H groups in total. The van der Waals surface area contributed by atoms with Crippen LogP contribution in [0.25, 0.3) is 5.76 Å². The molecular weight excluding hydrogens is 418 g/mol. The van der Waals surface area contributed by atoms with Gasteiger partial charge < -0.3 is 23.9 Å². The highest BCUT2D eigenvalue weighted by Crippen LogP contribution is 2.44. The van der Waals surface area contributed by atoms with E-state index in [0.29, 0.717) is 22.8 Å². The van der Waals surface area contributed by atoms with Crippen molar-refractivity contribution in [3.8, 4) is 11.5 Å². The second-order valence-corrected chi connectivity index (χ2v) is 7.99. The summed E-state index contributed by atoms with van der Waals surface area (Å²) >= 11 is 1.43. The Kier molecular flexibility index (Phi) is 5.56. The molecule has 1 unspecified atom stereocenters. The Labute approximate surface area is 183 Å². The van der Waals surface area contributed by atoms with Gasteiger partial charge in [-0.05, 0) is 54.3 Å². The summed E-state index contributed by atoms with van der Waals surface area (Å²) in [6.07, 6.45) is 1.51. The topological polar surface area (TPSA) is 89.2 Å². The first-order valence-corrected chi connectivity index (χ1v) is 10.4. The summed E-state index contributed by atoms with van der Waals surface area (Å²) in [6, 6.07) is 9.49. The Balaban J connectivity index is 1.87. The molecule has 0 aliphatic carbocycles. The highest BCUT2D eigenvalue weighted by molar-refractivity contribution is 7.10. The zero-order valence-corrected chi connectivity index (χ0v) is 18.1. The van der Waals surface area contributed by atoms with E-state index in [2.05, 4.69) is 0 Å². The van der Waals surface area contributed by atoms with Crippen LogP contribution in [0.3, 0.4) is 0 Å². The number of methoxy groups -OCH3 is 2. The molecule has 8 heteroatoms. The number of thiophene rings is 1. The lowest BCUT2D eigenvalue weighted by Gasteiger charge is -2.24. The number of furan rings is 1. The number of hydrogen-bond donors (Lipinski definition) is 1. The Morgan fingerprint density at radius 3 is 2.55 bits per heavy atom. The highest BCUT2D eigenvalue weighted by Gasteiger charge is 2.47. The molecule has 2 aromatic heterocycles. The van der Waals surface area contributed by atoms with Crippen molar-refractivity contribution in [1.29, 1.82) is 0 Å². The van der Waals surface area contributed by atoms with Gasteiger partial charge in [0.2, 0.25) is 0 Å². The van der Waals surface area contributed by atoms with Gasteiger partial charge in [0.25, 0.3) is 11.7 Å². The largest absolute Gasteiger partial charge is 0.507 e. The Morgan fingerprint density at radius 1 is 1.16 bits per heavy atom. The second-order valence-electron chi connectivity index (χ2n) is 7.04. The average molecular weight is 439 g/mol. The molecule has 160 valence electrons. The number of hydrogen-bond acceptors (Lipinski definition) is 7. The van der Waals surface area contributed by atoms with Crippen LogP contribution in [0.1, 0.15) is 27.8 Å². The molecule has 1 amide bonds. The summed E-state index contributed by atoms with van der Waals surface area (Å²) in [5, 5.41) is 13.1. The van der Waals surface area contributed by atoms with E-state index in [4.69, 9.17) is 13.9 Å². The lowest BCUT2D eigenvalue weighted by atomic mass is 9.98. The molecule has 1 fully saturated rings. The number of rotatable bonds is 6. The third-order valence-electron chi connectivity index (χ3n) is 5.25. The van der Waals surface area contributed by atoms with Gasteiger partial charge in [-0.2, -0.15) is 0 Å². The Hall–Kier alpha value is -3.52. The first kappa shape index (κ1) is 20.7. The van der Waals surface area contributed by atoms with Crippen molar-refractivity contribution in [2.24, 2.45) is 0 Å². The van der Waals surface area contributed by atoms with E-state index in [0.717, 1.165) is 10.4 Å². The van der Waals surface area contributed by atoms with Crippen molar-refractivity contribution in [3.05, 3.63) is 75.4 Å². The van der Waals surface area contributed by atoms with Crippen LogP contribution in [0.15, 0.2) is 58.0 Å². The lowest BCUT2D eigenvalue weighted by Crippen LogP contribution is -2.28. The van der Waals surface area contributed by atoms with Crippen LogP contribution in [0.2, 0.25) is 0 Å². The molecule has 1 atom stereocenters. The number of ketones is 1. The molecule has 3 heterocycles. The number of likely N-dealkylation sites (tertiary alicyclic amines) is 1. The number of carbonyl (C=O) groups is 2. The molecule has 1 aromatic carbocycles. The SMILES string of the molecule is COc1ccc(/C(O)=C2/C(=O)C(=O)N(Cc3ccco3)C2c2sccc2C)cc1OC. The minimum atomic E-state index is -0.739. The summed E-state index contributed by atoms with van der Waals surface area (Å²) < 4.78 is 16.0. The molecule has 1 saturated heterocycles. The average Bonchev–Trinajstić information content (AvgIpc) is 3.50. The number of benzene rings is 1. The summed E-state index contributed by atoms with van der Waals surface area (Å²) in [5.41, 5.74) is 1.32. The number of nitrogens with zero attached hydrogens (tertiary/aromatic N) is 1. The van der Waals surface area contributed by atoms with E-state index >= 15 is 0 Å². The summed E-state index contributed by atoms with van der Waals surface area (Å²) in [6.45, 7) is 2.03. The molecule has 7 nitrogen and oxygen atoms in total.